The van der Waals surface area contributed by atoms with Crippen molar-refractivity contribution in [1.29, 1.82) is 0 Å². The van der Waals surface area contributed by atoms with Gasteiger partial charge in [0.2, 0.25) is 0 Å². The van der Waals surface area contributed by atoms with Gasteiger partial charge < -0.3 is 5.73 Å². The fourth-order valence-electron chi connectivity index (χ4n) is 1.48. The van der Waals surface area contributed by atoms with Crippen LogP contribution in [0.4, 0.5) is 0 Å². The Balaban J connectivity index is 2.33. The van der Waals surface area contributed by atoms with Gasteiger partial charge in [-0.15, -0.1) is 0 Å². The summed E-state index contributed by atoms with van der Waals surface area (Å²) < 4.78 is 1.70. The van der Waals surface area contributed by atoms with Crippen LogP contribution in [0.15, 0.2) is 18.3 Å². The Hall–Kier alpha value is -1.13. The third-order valence-electron chi connectivity index (χ3n) is 2.53. The SMILES string of the molecule is CC(C)(CN)Cc1nc2ccc(Cl)cn2n1. The first-order valence-corrected chi connectivity index (χ1v) is 5.59. The molecule has 0 aliphatic carbocycles. The maximum Gasteiger partial charge on any atom is 0.155 e. The Morgan fingerprint density at radius 3 is 2.88 bits per heavy atom. The molecule has 0 atom stereocenters. The number of nitrogens with two attached hydrogens (primary N) is 1. The van der Waals surface area contributed by atoms with E-state index in [1.807, 2.05) is 12.1 Å². The van der Waals surface area contributed by atoms with Crippen LogP contribution in [0.1, 0.15) is 19.7 Å². The molecule has 0 aliphatic rings. The first kappa shape index (κ1) is 11.4. The molecular weight excluding hydrogens is 224 g/mol. The molecule has 86 valence electrons. The first-order valence-electron chi connectivity index (χ1n) is 5.21. The molecule has 2 aromatic heterocycles. The smallest absolute Gasteiger partial charge is 0.155 e. The highest BCUT2D eigenvalue weighted by molar-refractivity contribution is 6.30. The molecule has 2 aromatic rings. The number of fused-ring (bicyclic) bond motifs is 1. The monoisotopic (exact) mass is 238 g/mol. The molecule has 4 nitrogen and oxygen atoms in total. The molecule has 2 heterocycles. The van der Waals surface area contributed by atoms with Crippen molar-refractivity contribution in [2.45, 2.75) is 20.3 Å². The maximum absolute atomic E-state index is 5.88. The molecule has 0 saturated heterocycles. The normalized spacial score (nSPS) is 12.2. The van der Waals surface area contributed by atoms with E-state index in [-0.39, 0.29) is 5.41 Å². The molecular formula is C11H15ClN4. The van der Waals surface area contributed by atoms with E-state index < -0.39 is 0 Å². The van der Waals surface area contributed by atoms with Crippen molar-refractivity contribution in [3.05, 3.63) is 29.2 Å². The lowest BCUT2D eigenvalue weighted by atomic mass is 9.89. The van der Waals surface area contributed by atoms with Crippen molar-refractivity contribution in [3.8, 4) is 0 Å². The zero-order chi connectivity index (χ0) is 11.8. The molecule has 2 rings (SSSR count). The van der Waals surface area contributed by atoms with Crippen LogP contribution < -0.4 is 5.73 Å². The van der Waals surface area contributed by atoms with Crippen molar-refractivity contribution < 1.29 is 0 Å². The molecule has 2 N–H and O–H groups in total. The summed E-state index contributed by atoms with van der Waals surface area (Å²) >= 11 is 5.88. The Bertz CT molecular complexity index is 504. The van der Waals surface area contributed by atoms with Gasteiger partial charge in [-0.2, -0.15) is 5.10 Å². The minimum absolute atomic E-state index is 0.0226. The van der Waals surface area contributed by atoms with Gasteiger partial charge >= 0.3 is 0 Å². The fraction of sp³-hybridized carbons (Fsp3) is 0.455. The van der Waals surface area contributed by atoms with E-state index in [2.05, 4.69) is 23.9 Å². The lowest BCUT2D eigenvalue weighted by Gasteiger charge is -2.19. The van der Waals surface area contributed by atoms with Crippen molar-refractivity contribution in [3.63, 3.8) is 0 Å². The Morgan fingerprint density at radius 2 is 2.19 bits per heavy atom. The molecule has 16 heavy (non-hydrogen) atoms. The highest BCUT2D eigenvalue weighted by Crippen LogP contribution is 2.19. The highest BCUT2D eigenvalue weighted by Gasteiger charge is 2.19. The second-order valence-corrected chi connectivity index (χ2v) is 5.16. The van der Waals surface area contributed by atoms with Gasteiger partial charge in [0, 0.05) is 12.6 Å². The first-order chi connectivity index (χ1) is 7.50. The summed E-state index contributed by atoms with van der Waals surface area (Å²) in [4.78, 5) is 4.42. The van der Waals surface area contributed by atoms with E-state index in [9.17, 15) is 0 Å². The van der Waals surface area contributed by atoms with Crippen molar-refractivity contribution >= 4 is 17.2 Å². The average Bonchev–Trinajstić information content (AvgIpc) is 2.58. The predicted molar refractivity (Wildman–Crippen MR) is 64.5 cm³/mol. The lowest BCUT2D eigenvalue weighted by molar-refractivity contribution is 0.368. The molecule has 0 aliphatic heterocycles. The van der Waals surface area contributed by atoms with Crippen molar-refractivity contribution in [1.82, 2.24) is 14.6 Å². The molecule has 0 radical (unpaired) electrons. The summed E-state index contributed by atoms with van der Waals surface area (Å²) in [7, 11) is 0. The molecule has 0 aromatic carbocycles. The maximum atomic E-state index is 5.88. The van der Waals surface area contributed by atoms with Gasteiger partial charge in [0.15, 0.2) is 11.5 Å². The second kappa shape index (κ2) is 4.03. The Labute approximate surface area is 99.4 Å². The number of hydrogen-bond acceptors (Lipinski definition) is 3. The molecule has 0 saturated carbocycles. The standard InChI is InChI=1S/C11H15ClN4/c1-11(2,7-13)5-9-14-10-4-3-8(12)6-16(10)15-9/h3-4,6H,5,7,13H2,1-2H3. The fourth-order valence-corrected chi connectivity index (χ4v) is 1.63. The van der Waals surface area contributed by atoms with E-state index in [0.717, 1.165) is 17.9 Å². The topological polar surface area (TPSA) is 56.2 Å². The Morgan fingerprint density at radius 1 is 1.44 bits per heavy atom. The molecule has 0 fully saturated rings. The van der Waals surface area contributed by atoms with Crippen LogP contribution in [0.25, 0.3) is 5.65 Å². The Kier molecular flexibility index (Phi) is 2.86. The van der Waals surface area contributed by atoms with Gasteiger partial charge in [-0.05, 0) is 24.1 Å². The van der Waals surface area contributed by atoms with Gasteiger partial charge in [0.25, 0.3) is 0 Å². The summed E-state index contributed by atoms with van der Waals surface area (Å²) in [5, 5.41) is 5.03. The zero-order valence-electron chi connectivity index (χ0n) is 9.44. The number of rotatable bonds is 3. The van der Waals surface area contributed by atoms with Crippen LogP contribution in [0.5, 0.6) is 0 Å². The second-order valence-electron chi connectivity index (χ2n) is 4.72. The van der Waals surface area contributed by atoms with Crippen LogP contribution >= 0.6 is 11.6 Å². The molecule has 5 heteroatoms. The van der Waals surface area contributed by atoms with E-state index in [4.69, 9.17) is 17.3 Å². The molecule has 0 spiro atoms. The summed E-state index contributed by atoms with van der Waals surface area (Å²) in [6.45, 7) is 4.82. The summed E-state index contributed by atoms with van der Waals surface area (Å²) in [6.07, 6.45) is 2.52. The van der Waals surface area contributed by atoms with E-state index in [1.165, 1.54) is 0 Å². The van der Waals surface area contributed by atoms with Crippen LogP contribution in [0.2, 0.25) is 5.02 Å². The van der Waals surface area contributed by atoms with Crippen molar-refractivity contribution in [2.75, 3.05) is 6.54 Å². The van der Waals surface area contributed by atoms with Crippen molar-refractivity contribution in [2.24, 2.45) is 11.1 Å². The third kappa shape index (κ3) is 2.33. The summed E-state index contributed by atoms with van der Waals surface area (Å²) in [5.41, 5.74) is 6.52. The summed E-state index contributed by atoms with van der Waals surface area (Å²) in [6, 6.07) is 3.66. The van der Waals surface area contributed by atoms with Crippen LogP contribution in [0, 0.1) is 5.41 Å². The van der Waals surface area contributed by atoms with E-state index >= 15 is 0 Å². The highest BCUT2D eigenvalue weighted by atomic mass is 35.5. The van der Waals surface area contributed by atoms with Gasteiger partial charge in [0.05, 0.1) is 5.02 Å². The van der Waals surface area contributed by atoms with Crippen LogP contribution in [0.3, 0.4) is 0 Å². The molecule has 0 amide bonds. The minimum atomic E-state index is 0.0226. The van der Waals surface area contributed by atoms with Gasteiger partial charge in [-0.25, -0.2) is 9.50 Å². The van der Waals surface area contributed by atoms with Crippen LogP contribution in [-0.2, 0) is 6.42 Å². The zero-order valence-corrected chi connectivity index (χ0v) is 10.2. The van der Waals surface area contributed by atoms with Crippen LogP contribution in [-0.4, -0.2) is 21.1 Å². The minimum Gasteiger partial charge on any atom is -0.330 e. The summed E-state index contributed by atoms with van der Waals surface area (Å²) in [5.74, 6) is 0.803. The number of pyridine rings is 1. The lowest BCUT2D eigenvalue weighted by Crippen LogP contribution is -2.26. The number of hydrogen-bond donors (Lipinski definition) is 1. The van der Waals surface area contributed by atoms with E-state index in [1.54, 1.807) is 10.7 Å². The van der Waals surface area contributed by atoms with Gasteiger partial charge in [-0.1, -0.05) is 25.4 Å². The number of nitrogens with zero attached hydrogens (tertiary/aromatic N) is 3. The number of aromatic nitrogens is 3. The quantitative estimate of drug-likeness (QED) is 0.889. The predicted octanol–water partition coefficient (Wildman–Crippen LogP) is 1.91. The van der Waals surface area contributed by atoms with E-state index in [0.29, 0.717) is 11.6 Å². The molecule has 0 unspecified atom stereocenters. The largest absolute Gasteiger partial charge is 0.330 e. The molecule has 0 bridgehead atoms. The average molecular weight is 239 g/mol. The number of halogens is 1. The third-order valence-corrected chi connectivity index (χ3v) is 2.75. The van der Waals surface area contributed by atoms with Gasteiger partial charge in [0.1, 0.15) is 0 Å². The van der Waals surface area contributed by atoms with Gasteiger partial charge in [-0.3, -0.25) is 0 Å².